The minimum Gasteiger partial charge on any atom is -0.355 e. The molecule has 0 spiro atoms. The van der Waals surface area contributed by atoms with E-state index < -0.39 is 0 Å². The lowest BCUT2D eigenvalue weighted by Crippen LogP contribution is -2.39. The Morgan fingerprint density at radius 2 is 2.00 bits per heavy atom. The Hall–Kier alpha value is -1.59. The van der Waals surface area contributed by atoms with Crippen molar-refractivity contribution < 1.29 is 14.4 Å². The average Bonchev–Trinajstić information content (AvgIpc) is 2.57. The molecule has 2 heterocycles. The highest BCUT2D eigenvalue weighted by molar-refractivity contribution is 5.89. The van der Waals surface area contributed by atoms with Crippen LogP contribution >= 0.6 is 0 Å². The SMILES string of the molecule is O=C1CCN(C(=O)C2CNC(=O)C2)CCN1. The molecule has 0 aliphatic carbocycles. The van der Waals surface area contributed by atoms with Gasteiger partial charge in [-0.2, -0.15) is 0 Å². The van der Waals surface area contributed by atoms with Crippen molar-refractivity contribution in [2.24, 2.45) is 5.92 Å². The molecule has 0 aromatic rings. The third-order valence-electron chi connectivity index (χ3n) is 2.95. The molecule has 88 valence electrons. The van der Waals surface area contributed by atoms with Gasteiger partial charge in [0.1, 0.15) is 0 Å². The molecule has 0 bridgehead atoms. The molecule has 3 amide bonds. The molecule has 2 fully saturated rings. The van der Waals surface area contributed by atoms with Crippen LogP contribution in [-0.2, 0) is 14.4 Å². The molecular weight excluding hydrogens is 210 g/mol. The van der Waals surface area contributed by atoms with Gasteiger partial charge in [-0.1, -0.05) is 0 Å². The molecule has 2 aliphatic rings. The monoisotopic (exact) mass is 225 g/mol. The minimum atomic E-state index is -0.249. The van der Waals surface area contributed by atoms with Gasteiger partial charge in [-0.25, -0.2) is 0 Å². The van der Waals surface area contributed by atoms with Crippen LogP contribution in [0.3, 0.4) is 0 Å². The number of nitrogens with one attached hydrogen (secondary N) is 2. The molecule has 16 heavy (non-hydrogen) atoms. The number of carbonyl (C=O) groups is 3. The summed E-state index contributed by atoms with van der Waals surface area (Å²) in [5.74, 6) is -0.353. The molecule has 2 saturated heterocycles. The molecule has 0 saturated carbocycles. The molecule has 0 radical (unpaired) electrons. The van der Waals surface area contributed by atoms with Crippen LogP contribution in [0.1, 0.15) is 12.8 Å². The van der Waals surface area contributed by atoms with Crippen molar-refractivity contribution in [3.63, 3.8) is 0 Å². The standard InChI is InChI=1S/C10H15N3O3/c14-8-1-3-13(4-2-11-8)10(16)7-5-9(15)12-6-7/h7H,1-6H2,(H,11,14)(H,12,15). The fourth-order valence-corrected chi connectivity index (χ4v) is 2.03. The Morgan fingerprint density at radius 1 is 1.19 bits per heavy atom. The number of hydrogen-bond acceptors (Lipinski definition) is 3. The first-order valence-electron chi connectivity index (χ1n) is 5.49. The van der Waals surface area contributed by atoms with Gasteiger partial charge in [0.15, 0.2) is 0 Å². The first-order valence-corrected chi connectivity index (χ1v) is 5.49. The second kappa shape index (κ2) is 4.51. The quantitative estimate of drug-likeness (QED) is 0.568. The number of hydrogen-bond donors (Lipinski definition) is 2. The average molecular weight is 225 g/mol. The topological polar surface area (TPSA) is 78.5 Å². The summed E-state index contributed by atoms with van der Waals surface area (Å²) in [5, 5.41) is 5.36. The summed E-state index contributed by atoms with van der Waals surface area (Å²) in [4.78, 5) is 35.8. The van der Waals surface area contributed by atoms with E-state index in [1.807, 2.05) is 0 Å². The highest BCUT2D eigenvalue weighted by atomic mass is 16.2. The molecule has 1 unspecified atom stereocenters. The third kappa shape index (κ3) is 2.32. The Morgan fingerprint density at radius 3 is 2.69 bits per heavy atom. The maximum atomic E-state index is 12.0. The normalized spacial score (nSPS) is 26.0. The van der Waals surface area contributed by atoms with E-state index in [1.54, 1.807) is 4.90 Å². The highest BCUT2D eigenvalue weighted by Gasteiger charge is 2.31. The first kappa shape index (κ1) is 10.9. The predicted octanol–water partition coefficient (Wildman–Crippen LogP) is -1.53. The van der Waals surface area contributed by atoms with Gasteiger partial charge in [0, 0.05) is 39.0 Å². The maximum absolute atomic E-state index is 12.0. The van der Waals surface area contributed by atoms with Gasteiger partial charge in [0.05, 0.1) is 5.92 Å². The highest BCUT2D eigenvalue weighted by Crippen LogP contribution is 2.13. The molecule has 2 aliphatic heterocycles. The van der Waals surface area contributed by atoms with E-state index in [0.29, 0.717) is 32.6 Å². The number of carbonyl (C=O) groups excluding carboxylic acids is 3. The van der Waals surface area contributed by atoms with Crippen LogP contribution in [0.25, 0.3) is 0 Å². The van der Waals surface area contributed by atoms with Crippen molar-refractivity contribution in [3.05, 3.63) is 0 Å². The predicted molar refractivity (Wildman–Crippen MR) is 55.3 cm³/mol. The first-order chi connectivity index (χ1) is 7.66. The van der Waals surface area contributed by atoms with Crippen LogP contribution < -0.4 is 10.6 Å². The lowest BCUT2D eigenvalue weighted by atomic mass is 10.1. The smallest absolute Gasteiger partial charge is 0.228 e. The van der Waals surface area contributed by atoms with Gasteiger partial charge in [-0.15, -0.1) is 0 Å². The minimum absolute atomic E-state index is 0.0177. The third-order valence-corrected chi connectivity index (χ3v) is 2.95. The van der Waals surface area contributed by atoms with Crippen molar-refractivity contribution in [1.29, 1.82) is 0 Å². The van der Waals surface area contributed by atoms with Crippen LogP contribution in [-0.4, -0.2) is 48.8 Å². The summed E-state index contributed by atoms with van der Waals surface area (Å²) < 4.78 is 0. The van der Waals surface area contributed by atoms with Gasteiger partial charge in [0.25, 0.3) is 0 Å². The second-order valence-electron chi connectivity index (χ2n) is 4.13. The van der Waals surface area contributed by atoms with Crippen LogP contribution in [0.15, 0.2) is 0 Å². The summed E-state index contributed by atoms with van der Waals surface area (Å²) in [6, 6.07) is 0. The van der Waals surface area contributed by atoms with Gasteiger partial charge < -0.3 is 15.5 Å². The molecule has 0 aromatic carbocycles. The lowest BCUT2D eigenvalue weighted by Gasteiger charge is -2.22. The molecular formula is C10H15N3O3. The molecule has 2 rings (SSSR count). The molecule has 1 atom stereocenters. The van der Waals surface area contributed by atoms with Gasteiger partial charge >= 0.3 is 0 Å². The summed E-state index contributed by atoms with van der Waals surface area (Å²) in [5.41, 5.74) is 0. The van der Waals surface area contributed by atoms with Crippen molar-refractivity contribution in [1.82, 2.24) is 15.5 Å². The van der Waals surface area contributed by atoms with Crippen LogP contribution in [0, 0.1) is 5.92 Å². The zero-order valence-electron chi connectivity index (χ0n) is 8.99. The summed E-state index contributed by atoms with van der Waals surface area (Å²) in [6.07, 6.45) is 0.622. The van der Waals surface area contributed by atoms with E-state index in [0.717, 1.165) is 0 Å². The number of amides is 3. The van der Waals surface area contributed by atoms with Crippen molar-refractivity contribution in [2.75, 3.05) is 26.2 Å². The summed E-state index contributed by atoms with van der Waals surface area (Å²) >= 11 is 0. The van der Waals surface area contributed by atoms with Crippen LogP contribution in [0.5, 0.6) is 0 Å². The maximum Gasteiger partial charge on any atom is 0.228 e. The molecule has 6 nitrogen and oxygen atoms in total. The van der Waals surface area contributed by atoms with E-state index >= 15 is 0 Å². The molecule has 2 N–H and O–H groups in total. The summed E-state index contributed by atoms with van der Waals surface area (Å²) in [7, 11) is 0. The van der Waals surface area contributed by atoms with Crippen LogP contribution in [0.2, 0.25) is 0 Å². The van der Waals surface area contributed by atoms with E-state index in [1.165, 1.54) is 0 Å². The van der Waals surface area contributed by atoms with Crippen LogP contribution in [0.4, 0.5) is 0 Å². The molecule has 0 aromatic heterocycles. The zero-order chi connectivity index (χ0) is 11.5. The van der Waals surface area contributed by atoms with Gasteiger partial charge in [-0.3, -0.25) is 14.4 Å². The fraction of sp³-hybridized carbons (Fsp3) is 0.700. The van der Waals surface area contributed by atoms with Crippen molar-refractivity contribution in [2.45, 2.75) is 12.8 Å². The van der Waals surface area contributed by atoms with E-state index in [-0.39, 0.29) is 30.1 Å². The fourth-order valence-electron chi connectivity index (χ4n) is 2.03. The Kier molecular flexibility index (Phi) is 3.07. The van der Waals surface area contributed by atoms with Crippen molar-refractivity contribution in [3.8, 4) is 0 Å². The Bertz CT molecular complexity index is 329. The van der Waals surface area contributed by atoms with Crippen molar-refractivity contribution >= 4 is 17.7 Å². The van der Waals surface area contributed by atoms with E-state index in [4.69, 9.17) is 0 Å². The van der Waals surface area contributed by atoms with E-state index in [9.17, 15) is 14.4 Å². The van der Waals surface area contributed by atoms with Gasteiger partial charge in [-0.05, 0) is 0 Å². The Labute approximate surface area is 93.4 Å². The van der Waals surface area contributed by atoms with Gasteiger partial charge in [0.2, 0.25) is 17.7 Å². The zero-order valence-corrected chi connectivity index (χ0v) is 8.99. The van der Waals surface area contributed by atoms with E-state index in [2.05, 4.69) is 10.6 Å². The lowest BCUT2D eigenvalue weighted by molar-refractivity contribution is -0.135. The largest absolute Gasteiger partial charge is 0.355 e. The molecule has 6 heteroatoms. The summed E-state index contributed by atoms with van der Waals surface area (Å²) in [6.45, 7) is 1.92. The second-order valence-corrected chi connectivity index (χ2v) is 4.13. The number of rotatable bonds is 1. The Balaban J connectivity index is 1.93. The number of nitrogens with zero attached hydrogens (tertiary/aromatic N) is 1.